The smallest absolute Gasteiger partial charge is 0.358 e. The van der Waals surface area contributed by atoms with Gasteiger partial charge in [0, 0.05) is 19.6 Å². The van der Waals surface area contributed by atoms with Gasteiger partial charge in [0.15, 0.2) is 0 Å². The van der Waals surface area contributed by atoms with Crippen molar-refractivity contribution in [3.8, 4) is 0 Å². The molecule has 0 radical (unpaired) electrons. The van der Waals surface area contributed by atoms with Gasteiger partial charge in [-0.1, -0.05) is 0 Å². The van der Waals surface area contributed by atoms with Crippen LogP contribution >= 0.6 is 0 Å². The van der Waals surface area contributed by atoms with Crippen LogP contribution in [0.25, 0.3) is 0 Å². The minimum Gasteiger partial charge on any atom is -0.358 e. The maximum Gasteiger partial charge on any atom is 0.406 e. The molecule has 4 fully saturated rings. The zero-order chi connectivity index (χ0) is 13.9. The van der Waals surface area contributed by atoms with E-state index >= 15 is 0 Å². The lowest BCUT2D eigenvalue weighted by atomic mass is 9.68. The molecule has 4 bridgehead atoms. The van der Waals surface area contributed by atoms with Crippen molar-refractivity contribution in [2.45, 2.75) is 38.1 Å². The molecule has 0 spiro atoms. The van der Waals surface area contributed by atoms with E-state index < -0.39 is 0 Å². The lowest BCUT2D eigenvalue weighted by Crippen LogP contribution is -2.39. The van der Waals surface area contributed by atoms with Crippen molar-refractivity contribution in [2.24, 2.45) is 24.8 Å². The molecule has 3 heterocycles. The van der Waals surface area contributed by atoms with Crippen LogP contribution < -0.4 is 4.90 Å². The molecule has 4 aliphatic rings. The van der Waals surface area contributed by atoms with Crippen LogP contribution in [-0.4, -0.2) is 27.1 Å². The second-order valence-electron chi connectivity index (χ2n) is 6.84. The van der Waals surface area contributed by atoms with Gasteiger partial charge in [-0.25, -0.2) is 0 Å². The molecule has 2 saturated heterocycles. The predicted molar refractivity (Wildman–Crippen MR) is 74.6 cm³/mol. The lowest BCUT2D eigenvalue weighted by Gasteiger charge is -2.39. The summed E-state index contributed by atoms with van der Waals surface area (Å²) in [7, 11) is 1.87. The number of aryl methyl sites for hydroxylation is 1. The van der Waals surface area contributed by atoms with Crippen molar-refractivity contribution in [1.82, 2.24) is 9.55 Å². The van der Waals surface area contributed by atoms with Gasteiger partial charge < -0.3 is 15.0 Å². The largest absolute Gasteiger partial charge is 0.406 e. The second-order valence-corrected chi connectivity index (χ2v) is 6.84. The molecule has 0 amide bonds. The first-order valence-electron chi connectivity index (χ1n) is 7.54. The highest BCUT2D eigenvalue weighted by Crippen LogP contribution is 2.49. The van der Waals surface area contributed by atoms with Crippen LogP contribution in [0.4, 0.5) is 11.6 Å². The molecule has 0 aromatic carbocycles. The highest BCUT2D eigenvalue weighted by molar-refractivity contribution is 5.56. The van der Waals surface area contributed by atoms with Crippen LogP contribution in [0.15, 0.2) is 6.33 Å². The van der Waals surface area contributed by atoms with Crippen LogP contribution in [0.1, 0.15) is 32.1 Å². The number of anilines is 1. The third kappa shape index (κ3) is 1.73. The summed E-state index contributed by atoms with van der Waals surface area (Å²) in [6, 6.07) is 0.473. The van der Waals surface area contributed by atoms with Gasteiger partial charge in [-0.2, -0.15) is 0 Å². The maximum absolute atomic E-state index is 11.2. The van der Waals surface area contributed by atoms with E-state index in [9.17, 15) is 10.1 Å². The van der Waals surface area contributed by atoms with Gasteiger partial charge >= 0.3 is 5.82 Å². The quantitative estimate of drug-likeness (QED) is 0.614. The molecular weight excluding hydrogens is 256 g/mol. The van der Waals surface area contributed by atoms with Crippen LogP contribution in [0.2, 0.25) is 0 Å². The van der Waals surface area contributed by atoms with Gasteiger partial charge in [0.25, 0.3) is 0 Å². The van der Waals surface area contributed by atoms with Crippen LogP contribution in [0.5, 0.6) is 0 Å². The third-order valence-corrected chi connectivity index (χ3v) is 5.44. The normalized spacial score (nSPS) is 35.4. The molecule has 2 saturated carbocycles. The summed E-state index contributed by atoms with van der Waals surface area (Å²) in [5.41, 5.74) is 0. The average Bonchev–Trinajstić information content (AvgIpc) is 2.66. The molecule has 108 valence electrons. The highest BCUT2D eigenvalue weighted by atomic mass is 16.6. The molecule has 6 nitrogen and oxygen atoms in total. The summed E-state index contributed by atoms with van der Waals surface area (Å²) < 4.78 is 1.82. The van der Waals surface area contributed by atoms with Crippen molar-refractivity contribution in [3.05, 3.63) is 16.4 Å². The van der Waals surface area contributed by atoms with Crippen LogP contribution in [0, 0.1) is 27.9 Å². The highest BCUT2D eigenvalue weighted by Gasteiger charge is 2.44. The Morgan fingerprint density at radius 1 is 1.20 bits per heavy atom. The van der Waals surface area contributed by atoms with E-state index in [-0.39, 0.29) is 10.7 Å². The Morgan fingerprint density at radius 2 is 1.85 bits per heavy atom. The molecule has 2 unspecified atom stereocenters. The maximum atomic E-state index is 11.2. The Labute approximate surface area is 117 Å². The molecule has 1 aromatic rings. The zero-order valence-electron chi connectivity index (χ0n) is 11.7. The van der Waals surface area contributed by atoms with E-state index in [1.165, 1.54) is 32.1 Å². The van der Waals surface area contributed by atoms with Gasteiger partial charge in [0.1, 0.15) is 0 Å². The molecule has 6 heteroatoms. The summed E-state index contributed by atoms with van der Waals surface area (Å²) in [5, 5.41) is 11.2. The molecule has 0 N–H and O–H groups in total. The third-order valence-electron chi connectivity index (χ3n) is 5.44. The fourth-order valence-corrected chi connectivity index (χ4v) is 4.92. The van der Waals surface area contributed by atoms with Gasteiger partial charge in [0.05, 0.1) is 0 Å². The minimum absolute atomic E-state index is 0.0220. The fourth-order valence-electron chi connectivity index (χ4n) is 4.92. The zero-order valence-corrected chi connectivity index (χ0v) is 11.7. The first kappa shape index (κ1) is 12.2. The monoisotopic (exact) mass is 276 g/mol. The molecule has 2 aliphatic carbocycles. The Bertz CT molecular complexity index is 541. The summed E-state index contributed by atoms with van der Waals surface area (Å²) in [4.78, 5) is 17.2. The van der Waals surface area contributed by atoms with E-state index in [1.807, 2.05) is 11.6 Å². The average molecular weight is 276 g/mol. The topological polar surface area (TPSA) is 64.2 Å². The second kappa shape index (κ2) is 4.20. The fraction of sp³-hybridized carbons (Fsp3) is 0.786. The summed E-state index contributed by atoms with van der Waals surface area (Å²) in [6.45, 7) is 0.970. The number of nitrogens with zero attached hydrogens (tertiary/aromatic N) is 4. The van der Waals surface area contributed by atoms with Crippen molar-refractivity contribution in [2.75, 3.05) is 11.4 Å². The molecule has 1 aromatic heterocycles. The van der Waals surface area contributed by atoms with Crippen molar-refractivity contribution >= 4 is 11.6 Å². The minimum atomic E-state index is -0.342. The molecule has 2 atom stereocenters. The van der Waals surface area contributed by atoms with Gasteiger partial charge in [0.2, 0.25) is 12.1 Å². The van der Waals surface area contributed by atoms with Gasteiger partial charge in [-0.3, -0.25) is 4.57 Å². The number of hydrogen-bond donors (Lipinski definition) is 0. The Hall–Kier alpha value is -1.59. The van der Waals surface area contributed by atoms with E-state index in [1.54, 1.807) is 6.33 Å². The Morgan fingerprint density at radius 3 is 2.50 bits per heavy atom. The van der Waals surface area contributed by atoms with Crippen LogP contribution in [0.3, 0.4) is 0 Å². The van der Waals surface area contributed by atoms with Gasteiger partial charge in [-0.05, 0) is 59.8 Å². The summed E-state index contributed by atoms with van der Waals surface area (Å²) in [5.74, 6) is 3.13. The molecule has 5 rings (SSSR count). The number of imidazole rings is 1. The van der Waals surface area contributed by atoms with E-state index in [4.69, 9.17) is 0 Å². The first-order valence-corrected chi connectivity index (χ1v) is 7.54. The van der Waals surface area contributed by atoms with E-state index in [2.05, 4.69) is 9.88 Å². The van der Waals surface area contributed by atoms with Crippen molar-refractivity contribution < 1.29 is 4.92 Å². The van der Waals surface area contributed by atoms with Crippen molar-refractivity contribution in [3.63, 3.8) is 0 Å². The number of aromatic nitrogens is 2. The van der Waals surface area contributed by atoms with Gasteiger partial charge in [-0.15, -0.1) is 0 Å². The van der Waals surface area contributed by atoms with Crippen molar-refractivity contribution in [1.29, 1.82) is 0 Å². The lowest BCUT2D eigenvalue weighted by molar-refractivity contribution is -0.388. The molecule has 2 aliphatic heterocycles. The van der Waals surface area contributed by atoms with E-state index in [0.29, 0.717) is 17.8 Å². The summed E-state index contributed by atoms with van der Waals surface area (Å²) in [6.07, 6.45) is 7.99. The number of hydrogen-bond acceptors (Lipinski definition) is 4. The number of rotatable bonds is 2. The molecule has 20 heavy (non-hydrogen) atoms. The Balaban J connectivity index is 1.75. The number of fused-ring (bicyclic) bond motifs is 1. The Kier molecular flexibility index (Phi) is 2.56. The summed E-state index contributed by atoms with van der Waals surface area (Å²) >= 11 is 0. The predicted octanol–water partition coefficient (Wildman–Crippen LogP) is 2.34. The first-order chi connectivity index (χ1) is 9.61. The SMILES string of the molecule is Cn1cnc([N+](=O)[O-])c1N1CC2CC3CC(C2)CC1C3. The van der Waals surface area contributed by atoms with E-state index in [0.717, 1.165) is 18.4 Å². The number of nitro groups is 1. The van der Waals surface area contributed by atoms with Crippen LogP contribution in [-0.2, 0) is 7.05 Å². The standard InChI is InChI=1S/C14H20N4O2/c1-16-8-15-13(18(19)20)14(16)17-7-11-3-9-2-10(4-11)6-12(17)5-9/h8-12H,2-7H2,1H3. The molecular formula is C14H20N4O2.